The van der Waals surface area contributed by atoms with Crippen molar-refractivity contribution in [3.63, 3.8) is 0 Å². The van der Waals surface area contributed by atoms with Gasteiger partial charge in [-0.05, 0) is 6.92 Å². The number of alkyl halides is 2. The molecule has 1 aliphatic carbocycles. The number of likely N-dealkylation sites (tertiary alicyclic amines) is 1. The average Bonchev–Trinajstić information content (AvgIpc) is 3.11. The summed E-state index contributed by atoms with van der Waals surface area (Å²) in [5.74, 6) is -3.31. The molecule has 0 unspecified atom stereocenters. The standard InChI is InChI=1S/C16H21F2N3O2S/c1-10-19-12(9-24-10)6-20-2-3-23-14-8-21(7-13(14)20)15(22)11-4-16(17,18)5-11/h9,11,13-14H,2-8H2,1H3/t13-,14+/m1/s1. The molecule has 3 aliphatic rings. The summed E-state index contributed by atoms with van der Waals surface area (Å²) in [5.41, 5.74) is 1.04. The second-order valence-electron chi connectivity index (χ2n) is 7.01. The highest BCUT2D eigenvalue weighted by molar-refractivity contribution is 7.09. The molecule has 24 heavy (non-hydrogen) atoms. The van der Waals surface area contributed by atoms with E-state index in [1.165, 1.54) is 0 Å². The minimum absolute atomic E-state index is 0.0250. The highest BCUT2D eigenvalue weighted by Gasteiger charge is 2.52. The molecule has 2 saturated heterocycles. The van der Waals surface area contributed by atoms with Crippen molar-refractivity contribution in [3.05, 3.63) is 16.1 Å². The molecule has 0 N–H and O–H groups in total. The Labute approximate surface area is 143 Å². The SMILES string of the molecule is Cc1nc(CN2CCO[C@H]3CN(C(=O)C4CC(F)(F)C4)C[C@H]32)cs1. The zero-order valence-electron chi connectivity index (χ0n) is 13.6. The van der Waals surface area contributed by atoms with Gasteiger partial charge in [0.05, 0.1) is 29.5 Å². The maximum absolute atomic E-state index is 13.0. The second-order valence-corrected chi connectivity index (χ2v) is 8.07. The van der Waals surface area contributed by atoms with E-state index in [-0.39, 0.29) is 30.9 Å². The van der Waals surface area contributed by atoms with E-state index in [1.54, 1.807) is 16.2 Å². The molecule has 4 rings (SSSR count). The van der Waals surface area contributed by atoms with Gasteiger partial charge < -0.3 is 9.64 Å². The molecule has 1 aromatic rings. The Hall–Kier alpha value is -1.12. The predicted molar refractivity (Wildman–Crippen MR) is 85.0 cm³/mol. The number of carbonyl (C=O) groups is 1. The Balaban J connectivity index is 1.40. The van der Waals surface area contributed by atoms with Gasteiger partial charge in [0.1, 0.15) is 0 Å². The molecule has 1 amide bonds. The van der Waals surface area contributed by atoms with Gasteiger partial charge >= 0.3 is 0 Å². The topological polar surface area (TPSA) is 45.7 Å². The molecule has 1 aromatic heterocycles. The number of hydrogen-bond donors (Lipinski definition) is 0. The zero-order valence-corrected chi connectivity index (χ0v) is 14.4. The molecule has 132 valence electrons. The lowest BCUT2D eigenvalue weighted by Gasteiger charge is -2.36. The molecule has 2 atom stereocenters. The first-order valence-corrected chi connectivity index (χ1v) is 9.22. The normalized spacial score (nSPS) is 30.2. The van der Waals surface area contributed by atoms with Crippen LogP contribution in [0.2, 0.25) is 0 Å². The summed E-state index contributed by atoms with van der Waals surface area (Å²) in [4.78, 5) is 21.0. The maximum atomic E-state index is 13.0. The lowest BCUT2D eigenvalue weighted by Crippen LogP contribution is -2.50. The van der Waals surface area contributed by atoms with Gasteiger partial charge in [-0.3, -0.25) is 9.69 Å². The monoisotopic (exact) mass is 357 g/mol. The van der Waals surface area contributed by atoms with Crippen LogP contribution in [0.15, 0.2) is 5.38 Å². The summed E-state index contributed by atoms with van der Waals surface area (Å²) in [6.07, 6.45) is -0.635. The van der Waals surface area contributed by atoms with Gasteiger partial charge in [-0.2, -0.15) is 0 Å². The van der Waals surface area contributed by atoms with Gasteiger partial charge in [-0.25, -0.2) is 13.8 Å². The van der Waals surface area contributed by atoms with Gasteiger partial charge in [-0.1, -0.05) is 0 Å². The molecule has 0 bridgehead atoms. The van der Waals surface area contributed by atoms with Crippen molar-refractivity contribution in [1.82, 2.24) is 14.8 Å². The summed E-state index contributed by atoms with van der Waals surface area (Å²) in [5, 5.41) is 3.11. The number of thiazole rings is 1. The van der Waals surface area contributed by atoms with Gasteiger partial charge in [-0.15, -0.1) is 11.3 Å². The summed E-state index contributed by atoms with van der Waals surface area (Å²) in [6, 6.07) is 0.130. The molecule has 3 fully saturated rings. The molecule has 2 aliphatic heterocycles. The van der Waals surface area contributed by atoms with Crippen molar-refractivity contribution in [2.45, 2.75) is 44.4 Å². The Bertz CT molecular complexity index is 631. The van der Waals surface area contributed by atoms with Crippen LogP contribution in [-0.2, 0) is 16.1 Å². The Kier molecular flexibility index (Phi) is 4.09. The van der Waals surface area contributed by atoms with E-state index in [9.17, 15) is 13.6 Å². The van der Waals surface area contributed by atoms with Crippen molar-refractivity contribution in [3.8, 4) is 0 Å². The number of aryl methyl sites for hydroxylation is 1. The van der Waals surface area contributed by atoms with Crippen LogP contribution in [0.5, 0.6) is 0 Å². The van der Waals surface area contributed by atoms with Crippen molar-refractivity contribution in [2.24, 2.45) is 5.92 Å². The molecule has 1 saturated carbocycles. The fourth-order valence-corrected chi connectivity index (χ4v) is 4.52. The lowest BCUT2D eigenvalue weighted by atomic mass is 9.80. The molecular weight excluding hydrogens is 336 g/mol. The number of hydrogen-bond acceptors (Lipinski definition) is 5. The minimum Gasteiger partial charge on any atom is -0.373 e. The first-order chi connectivity index (χ1) is 11.4. The number of halogens is 2. The van der Waals surface area contributed by atoms with Crippen LogP contribution in [0.4, 0.5) is 8.78 Å². The smallest absolute Gasteiger partial charge is 0.249 e. The van der Waals surface area contributed by atoms with Crippen molar-refractivity contribution in [1.29, 1.82) is 0 Å². The van der Waals surface area contributed by atoms with Crippen molar-refractivity contribution in [2.75, 3.05) is 26.2 Å². The van der Waals surface area contributed by atoms with Gasteiger partial charge in [0.2, 0.25) is 11.8 Å². The Morgan fingerprint density at radius 3 is 2.92 bits per heavy atom. The van der Waals surface area contributed by atoms with E-state index in [0.717, 1.165) is 23.8 Å². The Morgan fingerprint density at radius 1 is 1.46 bits per heavy atom. The quantitative estimate of drug-likeness (QED) is 0.829. The van der Waals surface area contributed by atoms with E-state index in [0.29, 0.717) is 19.7 Å². The third-order valence-electron chi connectivity index (χ3n) is 5.20. The molecule has 0 aromatic carbocycles. The molecule has 3 heterocycles. The van der Waals surface area contributed by atoms with Crippen LogP contribution in [0.1, 0.15) is 23.5 Å². The van der Waals surface area contributed by atoms with Crippen LogP contribution in [0.25, 0.3) is 0 Å². The summed E-state index contributed by atoms with van der Waals surface area (Å²) >= 11 is 1.63. The minimum atomic E-state index is -2.65. The van der Waals surface area contributed by atoms with E-state index >= 15 is 0 Å². The lowest BCUT2D eigenvalue weighted by molar-refractivity contribution is -0.159. The van der Waals surface area contributed by atoms with Crippen molar-refractivity contribution < 1.29 is 18.3 Å². The van der Waals surface area contributed by atoms with Gasteiger partial charge in [0.25, 0.3) is 0 Å². The highest BCUT2D eigenvalue weighted by Crippen LogP contribution is 2.43. The number of amides is 1. The molecule has 5 nitrogen and oxygen atoms in total. The van der Waals surface area contributed by atoms with Crippen LogP contribution >= 0.6 is 11.3 Å². The maximum Gasteiger partial charge on any atom is 0.249 e. The first kappa shape index (κ1) is 16.4. The van der Waals surface area contributed by atoms with Crippen LogP contribution < -0.4 is 0 Å². The number of morpholine rings is 1. The molecule has 0 radical (unpaired) electrons. The molecule has 0 spiro atoms. The second kappa shape index (κ2) is 6.00. The van der Waals surface area contributed by atoms with Gasteiger partial charge in [0.15, 0.2) is 0 Å². The van der Waals surface area contributed by atoms with Crippen LogP contribution in [-0.4, -0.2) is 65.0 Å². The van der Waals surface area contributed by atoms with E-state index < -0.39 is 11.8 Å². The summed E-state index contributed by atoms with van der Waals surface area (Å²) in [6.45, 7) is 5.25. The highest BCUT2D eigenvalue weighted by atomic mass is 32.1. The molecule has 8 heteroatoms. The fourth-order valence-electron chi connectivity index (χ4n) is 3.92. The largest absolute Gasteiger partial charge is 0.373 e. The third-order valence-corrected chi connectivity index (χ3v) is 6.02. The van der Waals surface area contributed by atoms with Crippen molar-refractivity contribution >= 4 is 17.2 Å². The zero-order chi connectivity index (χ0) is 16.9. The number of fused-ring (bicyclic) bond motifs is 1. The molecular formula is C16H21F2N3O2S. The number of ether oxygens (including phenoxy) is 1. The first-order valence-electron chi connectivity index (χ1n) is 8.34. The number of carbonyl (C=O) groups excluding carboxylic acids is 1. The number of rotatable bonds is 3. The summed E-state index contributed by atoms with van der Waals surface area (Å²) < 4.78 is 31.9. The Morgan fingerprint density at radius 2 is 2.25 bits per heavy atom. The van der Waals surface area contributed by atoms with Crippen LogP contribution in [0, 0.1) is 12.8 Å². The predicted octanol–water partition coefficient (Wildman–Crippen LogP) is 1.91. The summed E-state index contributed by atoms with van der Waals surface area (Å²) in [7, 11) is 0. The number of aromatic nitrogens is 1. The van der Waals surface area contributed by atoms with Gasteiger partial charge in [0, 0.05) is 50.3 Å². The van der Waals surface area contributed by atoms with E-state index in [4.69, 9.17) is 4.74 Å². The van der Waals surface area contributed by atoms with E-state index in [2.05, 4.69) is 15.3 Å². The van der Waals surface area contributed by atoms with E-state index in [1.807, 2.05) is 6.92 Å². The van der Waals surface area contributed by atoms with Crippen LogP contribution in [0.3, 0.4) is 0 Å². The number of nitrogens with zero attached hydrogens (tertiary/aromatic N) is 3. The average molecular weight is 357 g/mol. The fraction of sp³-hybridized carbons (Fsp3) is 0.750. The third kappa shape index (κ3) is 3.07.